The third kappa shape index (κ3) is 1.64. The summed E-state index contributed by atoms with van der Waals surface area (Å²) < 4.78 is 6.50. The number of imidazole rings is 1. The number of fused-ring (bicyclic) bond motifs is 1. The summed E-state index contributed by atoms with van der Waals surface area (Å²) in [6, 6.07) is 6.75. The molecule has 3 rings (SSSR count). The zero-order chi connectivity index (χ0) is 12.5. The Morgan fingerprint density at radius 3 is 3.00 bits per heavy atom. The average molecular weight is 243 g/mol. The van der Waals surface area contributed by atoms with Crippen LogP contribution in [0.3, 0.4) is 0 Å². The van der Waals surface area contributed by atoms with Gasteiger partial charge >= 0.3 is 5.97 Å². The minimum Gasteiger partial charge on any atom is -0.478 e. The third-order valence-corrected chi connectivity index (χ3v) is 2.69. The predicted octanol–water partition coefficient (Wildman–Crippen LogP) is 1.77. The standard InChI is InChI=1S/C12H9N3O3/c16-12(17)9-2-1-3-10-11(9)15(7-13-10)6-8-4-5-18-14-8/h1-5,7H,6H2,(H,16,17). The highest BCUT2D eigenvalue weighted by Gasteiger charge is 2.13. The van der Waals surface area contributed by atoms with Crippen molar-refractivity contribution in [2.24, 2.45) is 0 Å². The largest absolute Gasteiger partial charge is 0.478 e. The molecule has 6 heteroatoms. The van der Waals surface area contributed by atoms with E-state index in [4.69, 9.17) is 4.52 Å². The maximum absolute atomic E-state index is 11.2. The van der Waals surface area contributed by atoms with Crippen molar-refractivity contribution in [1.29, 1.82) is 0 Å². The second kappa shape index (κ2) is 3.99. The first kappa shape index (κ1) is 10.5. The zero-order valence-electron chi connectivity index (χ0n) is 9.28. The summed E-state index contributed by atoms with van der Waals surface area (Å²) in [4.78, 5) is 15.4. The van der Waals surface area contributed by atoms with E-state index < -0.39 is 5.97 Å². The highest BCUT2D eigenvalue weighted by Crippen LogP contribution is 2.19. The molecule has 0 saturated carbocycles. The first-order valence-corrected chi connectivity index (χ1v) is 5.32. The molecule has 90 valence electrons. The van der Waals surface area contributed by atoms with Crippen molar-refractivity contribution in [3.8, 4) is 0 Å². The lowest BCUT2D eigenvalue weighted by Gasteiger charge is -2.03. The van der Waals surface area contributed by atoms with Crippen molar-refractivity contribution in [3.05, 3.63) is 48.1 Å². The molecule has 0 amide bonds. The monoisotopic (exact) mass is 243 g/mol. The van der Waals surface area contributed by atoms with Crippen molar-refractivity contribution in [2.45, 2.75) is 6.54 Å². The second-order valence-electron chi connectivity index (χ2n) is 3.84. The molecular formula is C12H9N3O3. The number of carboxylic acids is 1. The number of carbonyl (C=O) groups is 1. The fourth-order valence-electron chi connectivity index (χ4n) is 1.91. The van der Waals surface area contributed by atoms with Crippen LogP contribution in [0.1, 0.15) is 16.1 Å². The first-order valence-electron chi connectivity index (χ1n) is 5.32. The molecule has 2 aromatic heterocycles. The van der Waals surface area contributed by atoms with Gasteiger partial charge in [0, 0.05) is 6.07 Å². The highest BCUT2D eigenvalue weighted by atomic mass is 16.5. The maximum atomic E-state index is 11.2. The van der Waals surface area contributed by atoms with Gasteiger partial charge in [-0.2, -0.15) is 0 Å². The number of rotatable bonds is 3. The second-order valence-corrected chi connectivity index (χ2v) is 3.84. The Labute approximate surface area is 101 Å². The van der Waals surface area contributed by atoms with Crippen molar-refractivity contribution in [1.82, 2.24) is 14.7 Å². The summed E-state index contributed by atoms with van der Waals surface area (Å²) in [6.45, 7) is 0.428. The summed E-state index contributed by atoms with van der Waals surface area (Å²) in [5.74, 6) is -0.970. The summed E-state index contributed by atoms with van der Waals surface area (Å²) in [6.07, 6.45) is 3.08. The van der Waals surface area contributed by atoms with Gasteiger partial charge in [0.25, 0.3) is 0 Å². The number of hydrogen-bond donors (Lipinski definition) is 1. The predicted molar refractivity (Wildman–Crippen MR) is 62.3 cm³/mol. The average Bonchev–Trinajstić information content (AvgIpc) is 2.99. The van der Waals surface area contributed by atoms with Gasteiger partial charge in [-0.15, -0.1) is 0 Å². The van der Waals surface area contributed by atoms with Gasteiger partial charge in [-0.3, -0.25) is 0 Å². The van der Waals surface area contributed by atoms with Crippen LogP contribution in [0.2, 0.25) is 0 Å². The molecule has 0 fully saturated rings. The van der Waals surface area contributed by atoms with E-state index in [1.54, 1.807) is 35.2 Å². The maximum Gasteiger partial charge on any atom is 0.337 e. The van der Waals surface area contributed by atoms with Crippen molar-refractivity contribution in [2.75, 3.05) is 0 Å². The van der Waals surface area contributed by atoms with Crippen LogP contribution in [0.4, 0.5) is 0 Å². The number of benzene rings is 1. The van der Waals surface area contributed by atoms with Gasteiger partial charge in [-0.05, 0) is 12.1 Å². The third-order valence-electron chi connectivity index (χ3n) is 2.69. The molecule has 0 unspecified atom stereocenters. The number of aromatic nitrogens is 3. The van der Waals surface area contributed by atoms with E-state index >= 15 is 0 Å². The van der Waals surface area contributed by atoms with Gasteiger partial charge in [0.2, 0.25) is 0 Å². The number of nitrogens with zero attached hydrogens (tertiary/aromatic N) is 3. The first-order chi connectivity index (χ1) is 8.75. The summed E-state index contributed by atoms with van der Waals surface area (Å²) >= 11 is 0. The van der Waals surface area contributed by atoms with Crippen LogP contribution in [0, 0.1) is 0 Å². The summed E-state index contributed by atoms with van der Waals surface area (Å²) in [5, 5.41) is 13.0. The van der Waals surface area contributed by atoms with Crippen LogP contribution in [-0.4, -0.2) is 25.8 Å². The molecule has 0 aliphatic carbocycles. The molecular weight excluding hydrogens is 234 g/mol. The van der Waals surface area contributed by atoms with E-state index in [9.17, 15) is 9.90 Å². The Kier molecular flexibility index (Phi) is 2.33. The Balaban J connectivity index is 2.15. The van der Waals surface area contributed by atoms with Crippen LogP contribution in [0.25, 0.3) is 11.0 Å². The Hall–Kier alpha value is -2.63. The van der Waals surface area contributed by atoms with Gasteiger partial charge in [0.05, 0.1) is 29.5 Å². The Bertz CT molecular complexity index is 701. The number of carboxylic acid groups (broad SMARTS) is 1. The Morgan fingerprint density at radius 2 is 2.28 bits per heavy atom. The minimum atomic E-state index is -0.970. The molecule has 0 bridgehead atoms. The summed E-state index contributed by atoms with van der Waals surface area (Å²) in [5.41, 5.74) is 2.19. The van der Waals surface area contributed by atoms with E-state index in [1.165, 1.54) is 6.26 Å². The van der Waals surface area contributed by atoms with Crippen LogP contribution < -0.4 is 0 Å². The zero-order valence-corrected chi connectivity index (χ0v) is 9.28. The molecule has 6 nitrogen and oxygen atoms in total. The van der Waals surface area contributed by atoms with Crippen LogP contribution in [0.5, 0.6) is 0 Å². The molecule has 0 saturated heterocycles. The lowest BCUT2D eigenvalue weighted by atomic mass is 10.2. The normalized spacial score (nSPS) is 10.9. The number of aromatic carboxylic acids is 1. The van der Waals surface area contributed by atoms with Crippen molar-refractivity contribution < 1.29 is 14.4 Å². The topological polar surface area (TPSA) is 81.1 Å². The quantitative estimate of drug-likeness (QED) is 0.758. The number of para-hydroxylation sites is 1. The fraction of sp³-hybridized carbons (Fsp3) is 0.0833. The van der Waals surface area contributed by atoms with Gasteiger partial charge in [0.15, 0.2) is 0 Å². The fourth-order valence-corrected chi connectivity index (χ4v) is 1.91. The molecule has 0 spiro atoms. The van der Waals surface area contributed by atoms with Crippen LogP contribution in [0.15, 0.2) is 41.4 Å². The van der Waals surface area contributed by atoms with Crippen molar-refractivity contribution >= 4 is 17.0 Å². The van der Waals surface area contributed by atoms with E-state index in [-0.39, 0.29) is 5.56 Å². The van der Waals surface area contributed by atoms with Gasteiger partial charge < -0.3 is 14.2 Å². The van der Waals surface area contributed by atoms with E-state index in [2.05, 4.69) is 10.1 Å². The van der Waals surface area contributed by atoms with Gasteiger partial charge in [0.1, 0.15) is 12.0 Å². The van der Waals surface area contributed by atoms with Crippen LogP contribution >= 0.6 is 0 Å². The van der Waals surface area contributed by atoms with E-state index in [1.807, 2.05) is 0 Å². The van der Waals surface area contributed by atoms with Gasteiger partial charge in [-0.1, -0.05) is 11.2 Å². The highest BCUT2D eigenvalue weighted by molar-refractivity contribution is 6.01. The Morgan fingerprint density at radius 1 is 1.39 bits per heavy atom. The molecule has 3 aromatic rings. The lowest BCUT2D eigenvalue weighted by molar-refractivity contribution is 0.0698. The van der Waals surface area contributed by atoms with E-state index in [0.717, 1.165) is 5.69 Å². The molecule has 18 heavy (non-hydrogen) atoms. The van der Waals surface area contributed by atoms with E-state index in [0.29, 0.717) is 17.6 Å². The minimum absolute atomic E-state index is 0.230. The smallest absolute Gasteiger partial charge is 0.337 e. The molecule has 0 radical (unpaired) electrons. The van der Waals surface area contributed by atoms with Crippen molar-refractivity contribution in [3.63, 3.8) is 0 Å². The summed E-state index contributed by atoms with van der Waals surface area (Å²) in [7, 11) is 0. The molecule has 0 aliphatic heterocycles. The molecule has 0 atom stereocenters. The number of hydrogen-bond acceptors (Lipinski definition) is 4. The lowest BCUT2D eigenvalue weighted by Crippen LogP contribution is -2.04. The molecule has 0 aliphatic rings. The van der Waals surface area contributed by atoms with Gasteiger partial charge in [-0.25, -0.2) is 9.78 Å². The van der Waals surface area contributed by atoms with Crippen LogP contribution in [-0.2, 0) is 6.54 Å². The molecule has 2 heterocycles. The SMILES string of the molecule is O=C(O)c1cccc2ncn(Cc3ccon3)c12. The molecule has 1 N–H and O–H groups in total. The molecule has 1 aromatic carbocycles.